The maximum atomic E-state index is 12.8. The van der Waals surface area contributed by atoms with Crippen molar-refractivity contribution in [2.24, 2.45) is 0 Å². The van der Waals surface area contributed by atoms with Crippen molar-refractivity contribution in [2.45, 2.75) is 25.3 Å². The summed E-state index contributed by atoms with van der Waals surface area (Å²) in [5.41, 5.74) is 0.825. The van der Waals surface area contributed by atoms with E-state index in [1.54, 1.807) is 36.3 Å². The number of amides is 1. The average Bonchev–Trinajstić information content (AvgIpc) is 3.29. The fourth-order valence-corrected chi connectivity index (χ4v) is 3.60. The van der Waals surface area contributed by atoms with Crippen molar-refractivity contribution >= 4 is 17.5 Å². The van der Waals surface area contributed by atoms with Crippen molar-refractivity contribution in [2.75, 3.05) is 20.3 Å². The molecule has 2 heterocycles. The summed E-state index contributed by atoms with van der Waals surface area (Å²) in [7, 11) is 1.62. The van der Waals surface area contributed by atoms with Gasteiger partial charge in [0.2, 0.25) is 11.7 Å². The number of carbonyl (C=O) groups excluding carboxylic acids is 1. The Balaban J connectivity index is 1.45. The first kappa shape index (κ1) is 20.2. The van der Waals surface area contributed by atoms with Crippen LogP contribution in [0.5, 0.6) is 11.5 Å². The van der Waals surface area contributed by atoms with Gasteiger partial charge in [-0.05, 0) is 67.8 Å². The molecule has 1 saturated heterocycles. The minimum Gasteiger partial charge on any atom is -0.497 e. The molecule has 0 bridgehead atoms. The number of methoxy groups -OCH3 is 1. The maximum Gasteiger partial charge on any atom is 0.261 e. The zero-order valence-corrected chi connectivity index (χ0v) is 17.3. The van der Waals surface area contributed by atoms with Gasteiger partial charge in [-0.3, -0.25) is 4.79 Å². The number of hydrogen-bond acceptors (Lipinski definition) is 6. The molecule has 30 heavy (non-hydrogen) atoms. The van der Waals surface area contributed by atoms with Crippen LogP contribution in [0.15, 0.2) is 53.1 Å². The molecule has 0 aliphatic carbocycles. The van der Waals surface area contributed by atoms with Crippen LogP contribution in [-0.4, -0.2) is 41.2 Å². The number of piperidine rings is 1. The van der Waals surface area contributed by atoms with Gasteiger partial charge in [0, 0.05) is 17.1 Å². The first-order chi connectivity index (χ1) is 14.6. The minimum absolute atomic E-state index is 0.0579. The van der Waals surface area contributed by atoms with E-state index in [0.29, 0.717) is 29.0 Å². The molecule has 1 atom stereocenters. The molecule has 1 unspecified atom stereocenters. The third-order valence-corrected chi connectivity index (χ3v) is 5.33. The van der Waals surface area contributed by atoms with Crippen molar-refractivity contribution < 1.29 is 18.8 Å². The van der Waals surface area contributed by atoms with Gasteiger partial charge in [-0.2, -0.15) is 4.98 Å². The van der Waals surface area contributed by atoms with E-state index in [9.17, 15) is 4.79 Å². The van der Waals surface area contributed by atoms with Crippen molar-refractivity contribution in [3.63, 3.8) is 0 Å². The summed E-state index contributed by atoms with van der Waals surface area (Å²) in [5.74, 6) is 2.18. The van der Waals surface area contributed by atoms with Gasteiger partial charge in [-0.1, -0.05) is 16.8 Å². The second-order valence-corrected chi connectivity index (χ2v) is 7.46. The number of nitrogens with zero attached hydrogens (tertiary/aromatic N) is 3. The Morgan fingerprint density at radius 3 is 2.60 bits per heavy atom. The van der Waals surface area contributed by atoms with Gasteiger partial charge >= 0.3 is 0 Å². The van der Waals surface area contributed by atoms with E-state index in [1.165, 1.54) is 0 Å². The van der Waals surface area contributed by atoms with Crippen molar-refractivity contribution in [3.8, 4) is 22.9 Å². The topological polar surface area (TPSA) is 77.7 Å². The number of aromatic nitrogens is 2. The van der Waals surface area contributed by atoms with Crippen LogP contribution in [0, 0.1) is 0 Å². The Morgan fingerprint density at radius 1 is 1.13 bits per heavy atom. The van der Waals surface area contributed by atoms with Crippen LogP contribution in [0.2, 0.25) is 5.02 Å². The highest BCUT2D eigenvalue weighted by atomic mass is 35.5. The highest BCUT2D eigenvalue weighted by Crippen LogP contribution is 2.31. The third kappa shape index (κ3) is 4.57. The normalized spacial score (nSPS) is 16.3. The number of benzene rings is 2. The van der Waals surface area contributed by atoms with Crippen molar-refractivity contribution in [3.05, 3.63) is 59.4 Å². The van der Waals surface area contributed by atoms with Crippen LogP contribution in [0.4, 0.5) is 0 Å². The first-order valence-electron chi connectivity index (χ1n) is 9.80. The van der Waals surface area contributed by atoms with Crippen LogP contribution in [0.3, 0.4) is 0 Å². The number of rotatable bonds is 6. The van der Waals surface area contributed by atoms with Crippen LogP contribution >= 0.6 is 11.6 Å². The van der Waals surface area contributed by atoms with Crippen molar-refractivity contribution in [1.82, 2.24) is 15.0 Å². The Morgan fingerprint density at radius 2 is 1.87 bits per heavy atom. The highest BCUT2D eigenvalue weighted by molar-refractivity contribution is 6.30. The SMILES string of the molecule is COc1ccc(-c2noc(C3CCCCN3C(=O)COc3ccc(Cl)cc3)n2)cc1. The molecule has 4 rings (SSSR count). The molecule has 156 valence electrons. The molecular formula is C22H22ClN3O4. The summed E-state index contributed by atoms with van der Waals surface area (Å²) >= 11 is 5.88. The number of likely N-dealkylation sites (tertiary alicyclic amines) is 1. The monoisotopic (exact) mass is 427 g/mol. The molecule has 0 N–H and O–H groups in total. The summed E-state index contributed by atoms with van der Waals surface area (Å²) in [6.45, 7) is 0.575. The molecule has 0 saturated carbocycles. The number of hydrogen-bond donors (Lipinski definition) is 0. The molecule has 1 aliphatic rings. The molecule has 1 aliphatic heterocycles. The number of ether oxygens (including phenoxy) is 2. The van der Waals surface area contributed by atoms with Crippen LogP contribution in [0.25, 0.3) is 11.4 Å². The molecular weight excluding hydrogens is 406 g/mol. The van der Waals surface area contributed by atoms with Crippen LogP contribution in [-0.2, 0) is 4.79 Å². The smallest absolute Gasteiger partial charge is 0.261 e. The largest absolute Gasteiger partial charge is 0.497 e. The lowest BCUT2D eigenvalue weighted by Crippen LogP contribution is -2.41. The maximum absolute atomic E-state index is 12.8. The molecule has 8 heteroatoms. The van der Waals surface area contributed by atoms with Gasteiger partial charge in [0.05, 0.1) is 7.11 Å². The predicted octanol–water partition coefficient (Wildman–Crippen LogP) is 4.53. The standard InChI is InChI=1S/C22H22ClN3O4/c1-28-17-9-5-15(6-10-17)21-24-22(30-25-21)19-4-2-3-13-26(19)20(27)14-29-18-11-7-16(23)8-12-18/h5-12,19H,2-4,13-14H2,1H3. The fraction of sp³-hybridized carbons (Fsp3) is 0.318. The van der Waals surface area contributed by atoms with Gasteiger partial charge in [-0.25, -0.2) is 0 Å². The van der Waals surface area contributed by atoms with Gasteiger partial charge in [0.25, 0.3) is 5.91 Å². The van der Waals surface area contributed by atoms with E-state index in [4.69, 9.17) is 25.6 Å². The van der Waals surface area contributed by atoms with E-state index < -0.39 is 0 Å². The third-order valence-electron chi connectivity index (χ3n) is 5.07. The predicted molar refractivity (Wildman–Crippen MR) is 112 cm³/mol. The first-order valence-corrected chi connectivity index (χ1v) is 10.2. The lowest BCUT2D eigenvalue weighted by atomic mass is 10.0. The van der Waals surface area contributed by atoms with E-state index in [0.717, 1.165) is 30.6 Å². The Bertz CT molecular complexity index is 988. The van der Waals surface area contributed by atoms with Crippen LogP contribution < -0.4 is 9.47 Å². The zero-order chi connectivity index (χ0) is 20.9. The summed E-state index contributed by atoms with van der Waals surface area (Å²) in [6.07, 6.45) is 2.70. The molecule has 0 radical (unpaired) electrons. The molecule has 1 amide bonds. The number of halogens is 1. The summed E-state index contributed by atoms with van der Waals surface area (Å²) in [4.78, 5) is 19.2. The highest BCUT2D eigenvalue weighted by Gasteiger charge is 2.32. The minimum atomic E-state index is -0.250. The van der Waals surface area contributed by atoms with E-state index in [1.807, 2.05) is 24.3 Å². The number of carbonyl (C=O) groups is 1. The molecule has 2 aromatic carbocycles. The zero-order valence-electron chi connectivity index (χ0n) is 16.6. The summed E-state index contributed by atoms with van der Waals surface area (Å²) < 4.78 is 16.3. The quantitative estimate of drug-likeness (QED) is 0.575. The lowest BCUT2D eigenvalue weighted by Gasteiger charge is -2.33. The second-order valence-electron chi connectivity index (χ2n) is 7.03. The van der Waals surface area contributed by atoms with Gasteiger partial charge in [0.1, 0.15) is 17.5 Å². The fourth-order valence-electron chi connectivity index (χ4n) is 3.47. The average molecular weight is 428 g/mol. The molecule has 1 aromatic heterocycles. The summed E-state index contributed by atoms with van der Waals surface area (Å²) in [6, 6.07) is 14.1. The van der Waals surface area contributed by atoms with E-state index >= 15 is 0 Å². The Labute approximate surface area is 179 Å². The molecule has 1 fully saturated rings. The van der Waals surface area contributed by atoms with E-state index in [-0.39, 0.29) is 18.6 Å². The summed E-state index contributed by atoms with van der Waals surface area (Å²) in [5, 5.41) is 4.72. The van der Waals surface area contributed by atoms with E-state index in [2.05, 4.69) is 10.1 Å². The van der Waals surface area contributed by atoms with Crippen LogP contribution in [0.1, 0.15) is 31.2 Å². The lowest BCUT2D eigenvalue weighted by molar-refractivity contribution is -0.138. The molecule has 0 spiro atoms. The molecule has 3 aromatic rings. The Kier molecular flexibility index (Phi) is 6.18. The van der Waals surface area contributed by atoms with Gasteiger partial charge < -0.3 is 18.9 Å². The second kappa shape index (κ2) is 9.17. The molecule has 7 nitrogen and oxygen atoms in total. The Hall–Kier alpha value is -3.06. The van der Waals surface area contributed by atoms with Gasteiger partial charge in [0.15, 0.2) is 6.61 Å². The van der Waals surface area contributed by atoms with Gasteiger partial charge in [-0.15, -0.1) is 0 Å². The van der Waals surface area contributed by atoms with Crippen molar-refractivity contribution in [1.29, 1.82) is 0 Å².